The van der Waals surface area contributed by atoms with Crippen LogP contribution in [0.15, 0.2) is 53.8 Å². The molecule has 1 fully saturated rings. The van der Waals surface area contributed by atoms with Gasteiger partial charge in [-0.25, -0.2) is 23.1 Å². The Balaban J connectivity index is 1.44. The SMILES string of the molecule is CC(=O)Nc1ccc(S(=O)(=O)N2CCN(c3cc(-n4ccc(C)n4)ncn3)CC2)cc1. The van der Waals surface area contributed by atoms with Gasteiger partial charge in [0.1, 0.15) is 12.1 Å². The van der Waals surface area contributed by atoms with Crippen molar-refractivity contribution in [3.8, 4) is 5.82 Å². The molecular formula is C20H23N7O3S. The maximum Gasteiger partial charge on any atom is 0.243 e. The monoisotopic (exact) mass is 441 g/mol. The number of rotatable bonds is 5. The molecule has 162 valence electrons. The highest BCUT2D eigenvalue weighted by molar-refractivity contribution is 7.89. The predicted octanol–water partition coefficient (Wildman–Crippen LogP) is 1.44. The van der Waals surface area contributed by atoms with E-state index in [1.54, 1.807) is 16.8 Å². The molecule has 0 radical (unpaired) electrons. The van der Waals surface area contributed by atoms with Gasteiger partial charge in [0.15, 0.2) is 5.82 Å². The molecule has 0 spiro atoms. The minimum Gasteiger partial charge on any atom is -0.354 e. The number of amides is 1. The fourth-order valence-electron chi connectivity index (χ4n) is 3.40. The van der Waals surface area contributed by atoms with Gasteiger partial charge in [-0.2, -0.15) is 9.40 Å². The summed E-state index contributed by atoms with van der Waals surface area (Å²) >= 11 is 0. The average Bonchev–Trinajstić information content (AvgIpc) is 3.20. The number of aromatic nitrogens is 4. The second kappa shape index (κ2) is 8.44. The van der Waals surface area contributed by atoms with E-state index in [2.05, 4.69) is 20.4 Å². The van der Waals surface area contributed by atoms with E-state index in [0.717, 1.165) is 11.5 Å². The quantitative estimate of drug-likeness (QED) is 0.637. The lowest BCUT2D eigenvalue weighted by Gasteiger charge is -2.34. The van der Waals surface area contributed by atoms with Gasteiger partial charge in [-0.05, 0) is 37.3 Å². The summed E-state index contributed by atoms with van der Waals surface area (Å²) in [5.41, 5.74) is 1.45. The Hall–Kier alpha value is -3.31. The standard InChI is InChI=1S/C20H23N7O3S/c1-15-7-8-27(24-15)20-13-19(21-14-22-20)25-9-11-26(12-10-25)31(29,30)18-5-3-17(4-6-18)23-16(2)28/h3-8,13-14H,9-12H2,1-2H3,(H,23,28). The largest absolute Gasteiger partial charge is 0.354 e. The van der Waals surface area contributed by atoms with E-state index in [4.69, 9.17) is 0 Å². The number of anilines is 2. The van der Waals surface area contributed by atoms with Crippen LogP contribution in [0.5, 0.6) is 0 Å². The molecule has 1 saturated heterocycles. The summed E-state index contributed by atoms with van der Waals surface area (Å²) in [6.07, 6.45) is 3.32. The lowest BCUT2D eigenvalue weighted by atomic mass is 10.3. The maximum atomic E-state index is 13.0. The highest BCUT2D eigenvalue weighted by Gasteiger charge is 2.29. The lowest BCUT2D eigenvalue weighted by Crippen LogP contribution is -2.48. The molecule has 0 bridgehead atoms. The molecule has 0 saturated carbocycles. The molecule has 31 heavy (non-hydrogen) atoms. The average molecular weight is 442 g/mol. The summed E-state index contributed by atoms with van der Waals surface area (Å²) in [5, 5.41) is 7.00. The van der Waals surface area contributed by atoms with Crippen LogP contribution in [0, 0.1) is 6.92 Å². The van der Waals surface area contributed by atoms with Gasteiger partial charge in [-0.3, -0.25) is 4.79 Å². The van der Waals surface area contributed by atoms with E-state index in [0.29, 0.717) is 37.7 Å². The van der Waals surface area contributed by atoms with Gasteiger partial charge in [-0.15, -0.1) is 0 Å². The van der Waals surface area contributed by atoms with Crippen LogP contribution in [0.2, 0.25) is 0 Å². The Labute approximate surface area is 180 Å². The third kappa shape index (κ3) is 4.57. The molecule has 1 aromatic carbocycles. The van der Waals surface area contributed by atoms with Crippen LogP contribution in [-0.4, -0.2) is 64.6 Å². The van der Waals surface area contributed by atoms with Gasteiger partial charge in [0.25, 0.3) is 0 Å². The van der Waals surface area contributed by atoms with Crippen LogP contribution in [0.4, 0.5) is 11.5 Å². The van der Waals surface area contributed by atoms with Crippen molar-refractivity contribution in [2.45, 2.75) is 18.7 Å². The van der Waals surface area contributed by atoms with E-state index in [-0.39, 0.29) is 10.8 Å². The molecule has 1 N–H and O–H groups in total. The summed E-state index contributed by atoms with van der Waals surface area (Å²) in [5.74, 6) is 1.18. The zero-order valence-corrected chi connectivity index (χ0v) is 18.1. The number of carbonyl (C=O) groups excluding carboxylic acids is 1. The van der Waals surface area contributed by atoms with E-state index in [1.807, 2.05) is 30.2 Å². The van der Waals surface area contributed by atoms with Crippen molar-refractivity contribution in [3.63, 3.8) is 0 Å². The minimum absolute atomic E-state index is 0.202. The number of sulfonamides is 1. The normalized spacial score (nSPS) is 15.1. The number of nitrogens with one attached hydrogen (secondary N) is 1. The van der Waals surface area contributed by atoms with Crippen LogP contribution in [0.1, 0.15) is 12.6 Å². The van der Waals surface area contributed by atoms with Crippen LogP contribution in [0.25, 0.3) is 5.82 Å². The molecular weight excluding hydrogens is 418 g/mol. The van der Waals surface area contributed by atoms with Crippen molar-refractivity contribution < 1.29 is 13.2 Å². The van der Waals surface area contributed by atoms with Gasteiger partial charge < -0.3 is 10.2 Å². The summed E-state index contributed by atoms with van der Waals surface area (Å²) in [7, 11) is -3.61. The molecule has 1 amide bonds. The van der Waals surface area contributed by atoms with Crippen molar-refractivity contribution >= 4 is 27.4 Å². The van der Waals surface area contributed by atoms with Crippen LogP contribution in [0.3, 0.4) is 0 Å². The second-order valence-electron chi connectivity index (χ2n) is 7.23. The van der Waals surface area contributed by atoms with Gasteiger partial charge in [0.2, 0.25) is 15.9 Å². The fourth-order valence-corrected chi connectivity index (χ4v) is 4.82. The van der Waals surface area contributed by atoms with Gasteiger partial charge in [-0.1, -0.05) is 0 Å². The molecule has 0 aliphatic carbocycles. The second-order valence-corrected chi connectivity index (χ2v) is 9.17. The van der Waals surface area contributed by atoms with Gasteiger partial charge >= 0.3 is 0 Å². The molecule has 0 unspecified atom stereocenters. The third-order valence-electron chi connectivity index (χ3n) is 4.97. The highest BCUT2D eigenvalue weighted by Crippen LogP contribution is 2.22. The Morgan fingerprint density at radius 3 is 2.29 bits per heavy atom. The number of hydrogen-bond acceptors (Lipinski definition) is 7. The molecule has 2 aromatic heterocycles. The van der Waals surface area contributed by atoms with Crippen LogP contribution in [-0.2, 0) is 14.8 Å². The van der Waals surface area contributed by atoms with Gasteiger partial charge in [0.05, 0.1) is 10.6 Å². The third-order valence-corrected chi connectivity index (χ3v) is 6.88. The van der Waals surface area contributed by atoms with E-state index < -0.39 is 10.0 Å². The molecule has 1 aliphatic heterocycles. The number of benzene rings is 1. The number of carbonyl (C=O) groups is 1. The number of hydrogen-bond donors (Lipinski definition) is 1. The smallest absolute Gasteiger partial charge is 0.243 e. The predicted molar refractivity (Wildman–Crippen MR) is 116 cm³/mol. The first-order valence-electron chi connectivity index (χ1n) is 9.80. The Kier molecular flexibility index (Phi) is 5.70. The molecule has 3 heterocycles. The molecule has 11 heteroatoms. The lowest BCUT2D eigenvalue weighted by molar-refractivity contribution is -0.114. The van der Waals surface area contributed by atoms with Crippen LogP contribution < -0.4 is 10.2 Å². The topological polar surface area (TPSA) is 113 Å². The van der Waals surface area contributed by atoms with E-state index in [1.165, 1.54) is 29.7 Å². The van der Waals surface area contributed by atoms with Crippen LogP contribution >= 0.6 is 0 Å². The molecule has 10 nitrogen and oxygen atoms in total. The molecule has 1 aliphatic rings. The van der Waals surface area contributed by atoms with E-state index >= 15 is 0 Å². The summed E-state index contributed by atoms with van der Waals surface area (Å²) in [6, 6.07) is 9.94. The zero-order chi connectivity index (χ0) is 22.0. The van der Waals surface area contributed by atoms with E-state index in [9.17, 15) is 13.2 Å². The van der Waals surface area contributed by atoms with Crippen molar-refractivity contribution in [2.75, 3.05) is 36.4 Å². The van der Waals surface area contributed by atoms with Crippen molar-refractivity contribution in [1.82, 2.24) is 24.1 Å². The Morgan fingerprint density at radius 1 is 1.00 bits per heavy atom. The first kappa shape index (κ1) is 20.9. The zero-order valence-electron chi connectivity index (χ0n) is 17.3. The Bertz CT molecular complexity index is 1180. The van der Waals surface area contributed by atoms with Crippen molar-refractivity contribution in [3.05, 3.63) is 54.6 Å². The summed E-state index contributed by atoms with van der Waals surface area (Å²) in [4.78, 5) is 22.0. The first-order chi connectivity index (χ1) is 14.8. The minimum atomic E-state index is -3.61. The van der Waals surface area contributed by atoms with Gasteiger partial charge in [0, 0.05) is 51.1 Å². The number of nitrogens with zero attached hydrogens (tertiary/aromatic N) is 6. The highest BCUT2D eigenvalue weighted by atomic mass is 32.2. The maximum absolute atomic E-state index is 13.0. The summed E-state index contributed by atoms with van der Waals surface area (Å²) in [6.45, 7) is 5.02. The summed E-state index contributed by atoms with van der Waals surface area (Å²) < 4.78 is 29.1. The number of piperazine rings is 1. The number of aryl methyl sites for hydroxylation is 1. The molecule has 4 rings (SSSR count). The first-order valence-corrected chi connectivity index (χ1v) is 11.2. The Morgan fingerprint density at radius 2 is 1.68 bits per heavy atom. The molecule has 3 aromatic rings. The molecule has 0 atom stereocenters. The fraction of sp³-hybridized carbons (Fsp3) is 0.300. The van der Waals surface area contributed by atoms with Crippen molar-refractivity contribution in [2.24, 2.45) is 0 Å². The van der Waals surface area contributed by atoms with Crippen molar-refractivity contribution in [1.29, 1.82) is 0 Å².